The summed E-state index contributed by atoms with van der Waals surface area (Å²) in [5.74, 6) is 1.43. The Kier molecular flexibility index (Phi) is 11.1. The number of aromatic nitrogens is 3. The zero-order valence-corrected chi connectivity index (χ0v) is 19.4. The van der Waals surface area contributed by atoms with E-state index in [2.05, 4.69) is 39.7 Å². The third-order valence-corrected chi connectivity index (χ3v) is 4.39. The molecule has 28 heavy (non-hydrogen) atoms. The lowest BCUT2D eigenvalue weighted by molar-refractivity contribution is 0.0257. The minimum absolute atomic E-state index is 0. The molecular formula is C20H33IN6O. The fourth-order valence-electron chi connectivity index (χ4n) is 3.14. The van der Waals surface area contributed by atoms with E-state index < -0.39 is 5.60 Å². The minimum atomic E-state index is -0.705. The number of nitrogens with zero attached hydrogens (tertiary/aromatic N) is 4. The summed E-state index contributed by atoms with van der Waals surface area (Å²) >= 11 is 0. The van der Waals surface area contributed by atoms with Crippen LogP contribution in [0.15, 0.2) is 41.7 Å². The van der Waals surface area contributed by atoms with Gasteiger partial charge in [-0.3, -0.25) is 4.57 Å². The molecule has 156 valence electrons. The number of para-hydroxylation sites is 1. The van der Waals surface area contributed by atoms with E-state index in [1.165, 1.54) is 0 Å². The van der Waals surface area contributed by atoms with Crippen molar-refractivity contribution in [1.82, 2.24) is 25.4 Å². The van der Waals surface area contributed by atoms with Crippen molar-refractivity contribution >= 4 is 29.9 Å². The van der Waals surface area contributed by atoms with E-state index in [0.29, 0.717) is 19.0 Å². The summed E-state index contributed by atoms with van der Waals surface area (Å²) in [7, 11) is 0. The summed E-state index contributed by atoms with van der Waals surface area (Å²) < 4.78 is 1.93. The molecule has 1 aromatic carbocycles. The number of aliphatic hydroxyl groups is 1. The van der Waals surface area contributed by atoms with Gasteiger partial charge in [0.2, 0.25) is 0 Å². The summed E-state index contributed by atoms with van der Waals surface area (Å²) in [6.07, 6.45) is 5.14. The van der Waals surface area contributed by atoms with Gasteiger partial charge in [0.1, 0.15) is 12.9 Å². The Hall–Kier alpha value is -1.68. The molecule has 0 aliphatic heterocycles. The Bertz CT molecular complexity index is 698. The van der Waals surface area contributed by atoms with E-state index >= 15 is 0 Å². The van der Waals surface area contributed by atoms with Crippen molar-refractivity contribution in [3.05, 3.63) is 42.5 Å². The van der Waals surface area contributed by atoms with E-state index in [9.17, 15) is 5.11 Å². The van der Waals surface area contributed by atoms with Crippen LogP contribution < -0.4 is 10.6 Å². The van der Waals surface area contributed by atoms with Crippen LogP contribution in [0, 0.1) is 0 Å². The molecule has 0 radical (unpaired) electrons. The fraction of sp³-hybridized carbons (Fsp3) is 0.550. The smallest absolute Gasteiger partial charge is 0.191 e. The van der Waals surface area contributed by atoms with Crippen LogP contribution >= 0.6 is 24.0 Å². The molecule has 0 fully saturated rings. The molecule has 2 rings (SSSR count). The van der Waals surface area contributed by atoms with Gasteiger partial charge in [-0.15, -0.1) is 34.2 Å². The van der Waals surface area contributed by atoms with Gasteiger partial charge >= 0.3 is 0 Å². The molecule has 0 aliphatic carbocycles. The highest BCUT2D eigenvalue weighted by molar-refractivity contribution is 14.0. The maximum Gasteiger partial charge on any atom is 0.191 e. The maximum atomic E-state index is 10.8. The second-order valence-electron chi connectivity index (χ2n) is 6.73. The summed E-state index contributed by atoms with van der Waals surface area (Å²) in [5, 5.41) is 25.5. The molecule has 3 N–H and O–H groups in total. The number of aliphatic imine (C=N–C) groups is 1. The number of guanidine groups is 1. The number of hydrogen-bond donors (Lipinski definition) is 3. The molecule has 0 saturated heterocycles. The zero-order valence-electron chi connectivity index (χ0n) is 17.1. The van der Waals surface area contributed by atoms with Crippen molar-refractivity contribution in [3.8, 4) is 5.69 Å². The van der Waals surface area contributed by atoms with Crippen LogP contribution in [-0.2, 0) is 6.54 Å². The van der Waals surface area contributed by atoms with Gasteiger partial charge in [-0.05, 0) is 31.9 Å². The van der Waals surface area contributed by atoms with Crippen LogP contribution in [-0.4, -0.2) is 44.5 Å². The molecule has 1 aromatic heterocycles. The lowest BCUT2D eigenvalue weighted by Gasteiger charge is -2.28. The van der Waals surface area contributed by atoms with Crippen molar-refractivity contribution in [2.45, 2.75) is 58.6 Å². The number of nitrogens with one attached hydrogen (secondary N) is 2. The Balaban J connectivity index is 0.00000392. The van der Waals surface area contributed by atoms with Crippen LogP contribution in [0.4, 0.5) is 0 Å². The summed E-state index contributed by atoms with van der Waals surface area (Å²) in [6, 6.07) is 9.96. The summed E-state index contributed by atoms with van der Waals surface area (Å²) in [4.78, 5) is 4.63. The first-order valence-corrected chi connectivity index (χ1v) is 9.80. The van der Waals surface area contributed by atoms with Crippen molar-refractivity contribution in [2.24, 2.45) is 4.99 Å². The molecule has 7 nitrogen and oxygen atoms in total. The van der Waals surface area contributed by atoms with Crippen molar-refractivity contribution in [2.75, 3.05) is 13.1 Å². The summed E-state index contributed by atoms with van der Waals surface area (Å²) in [5.41, 5.74) is 0.301. The molecule has 0 amide bonds. The highest BCUT2D eigenvalue weighted by atomic mass is 127. The van der Waals surface area contributed by atoms with Gasteiger partial charge in [0.15, 0.2) is 11.8 Å². The normalized spacial score (nSPS) is 11.8. The number of halogens is 1. The van der Waals surface area contributed by atoms with Crippen molar-refractivity contribution < 1.29 is 5.11 Å². The van der Waals surface area contributed by atoms with Crippen LogP contribution in [0.2, 0.25) is 0 Å². The van der Waals surface area contributed by atoms with Crippen molar-refractivity contribution in [3.63, 3.8) is 0 Å². The highest BCUT2D eigenvalue weighted by Gasteiger charge is 2.24. The number of hydrogen-bond acceptors (Lipinski definition) is 4. The van der Waals surface area contributed by atoms with Gasteiger partial charge in [0.05, 0.1) is 5.60 Å². The topological polar surface area (TPSA) is 87.4 Å². The second-order valence-corrected chi connectivity index (χ2v) is 6.73. The molecule has 0 unspecified atom stereocenters. The Morgan fingerprint density at radius 2 is 1.79 bits per heavy atom. The molecule has 0 aliphatic rings. The second kappa shape index (κ2) is 12.7. The van der Waals surface area contributed by atoms with Gasteiger partial charge in [0.25, 0.3) is 0 Å². The Morgan fingerprint density at radius 3 is 2.39 bits per heavy atom. The lowest BCUT2D eigenvalue weighted by Crippen LogP contribution is -2.47. The number of rotatable bonds is 10. The molecule has 0 atom stereocenters. The lowest BCUT2D eigenvalue weighted by atomic mass is 9.93. The Morgan fingerprint density at radius 1 is 1.11 bits per heavy atom. The third-order valence-electron chi connectivity index (χ3n) is 4.39. The van der Waals surface area contributed by atoms with Crippen LogP contribution in [0.25, 0.3) is 5.69 Å². The Labute approximate surface area is 185 Å². The molecule has 0 saturated carbocycles. The molecule has 0 spiro atoms. The van der Waals surface area contributed by atoms with Crippen molar-refractivity contribution in [1.29, 1.82) is 0 Å². The van der Waals surface area contributed by atoms with E-state index in [0.717, 1.165) is 43.7 Å². The predicted octanol–water partition coefficient (Wildman–Crippen LogP) is 3.27. The molecule has 8 heteroatoms. The largest absolute Gasteiger partial charge is 0.388 e. The van der Waals surface area contributed by atoms with E-state index in [1.54, 1.807) is 6.33 Å². The van der Waals surface area contributed by atoms with E-state index in [-0.39, 0.29) is 24.0 Å². The first kappa shape index (κ1) is 24.4. The standard InChI is InChI=1S/C20H32N6O.HI/c1-4-12-20(27,13-5-2)15-23-19(21-6-3)22-14-18-25-24-16-26(18)17-10-8-7-9-11-17;/h7-11,16,27H,4-6,12-15H2,1-3H3,(H2,21,22,23);1H. The highest BCUT2D eigenvalue weighted by Crippen LogP contribution is 2.18. The SMILES string of the molecule is CCCC(O)(CCC)CNC(=NCc1nncn1-c1ccccc1)NCC.I. The van der Waals surface area contributed by atoms with Gasteiger partial charge in [-0.25, -0.2) is 4.99 Å². The average molecular weight is 500 g/mol. The molecule has 0 bridgehead atoms. The molecular weight excluding hydrogens is 467 g/mol. The average Bonchev–Trinajstić information content (AvgIpc) is 3.14. The van der Waals surface area contributed by atoms with Crippen LogP contribution in [0.5, 0.6) is 0 Å². The third kappa shape index (κ3) is 7.38. The van der Waals surface area contributed by atoms with Crippen LogP contribution in [0.1, 0.15) is 52.3 Å². The van der Waals surface area contributed by atoms with E-state index in [1.807, 2.05) is 41.8 Å². The monoisotopic (exact) mass is 500 g/mol. The number of benzene rings is 1. The predicted molar refractivity (Wildman–Crippen MR) is 124 cm³/mol. The van der Waals surface area contributed by atoms with Gasteiger partial charge in [-0.2, -0.15) is 0 Å². The summed E-state index contributed by atoms with van der Waals surface area (Å²) in [6.45, 7) is 7.83. The quantitative estimate of drug-likeness (QED) is 0.265. The minimum Gasteiger partial charge on any atom is -0.388 e. The molecule has 2 aromatic rings. The van der Waals surface area contributed by atoms with Gasteiger partial charge in [0, 0.05) is 18.8 Å². The molecule has 1 heterocycles. The maximum absolute atomic E-state index is 10.8. The fourth-order valence-corrected chi connectivity index (χ4v) is 3.14. The first-order valence-electron chi connectivity index (χ1n) is 9.80. The van der Waals surface area contributed by atoms with Crippen LogP contribution in [0.3, 0.4) is 0 Å². The first-order chi connectivity index (χ1) is 13.1. The van der Waals surface area contributed by atoms with Gasteiger partial charge < -0.3 is 15.7 Å². The van der Waals surface area contributed by atoms with Gasteiger partial charge in [-0.1, -0.05) is 44.9 Å². The van der Waals surface area contributed by atoms with E-state index in [4.69, 9.17) is 0 Å². The zero-order chi connectivity index (χ0) is 19.5.